The van der Waals surface area contributed by atoms with Gasteiger partial charge >= 0.3 is 0 Å². The van der Waals surface area contributed by atoms with E-state index in [1.165, 1.54) is 0 Å². The van der Waals surface area contributed by atoms with Crippen LogP contribution >= 0.6 is 0 Å². The lowest BCUT2D eigenvalue weighted by atomic mass is 10.2. The van der Waals surface area contributed by atoms with Crippen LogP contribution in [0.1, 0.15) is 11.5 Å². The van der Waals surface area contributed by atoms with Gasteiger partial charge in [0, 0.05) is 13.0 Å². The second-order valence-corrected chi connectivity index (χ2v) is 3.46. The molecule has 0 unspecified atom stereocenters. The van der Waals surface area contributed by atoms with E-state index in [0.29, 0.717) is 24.4 Å². The highest BCUT2D eigenvalue weighted by Crippen LogP contribution is 2.27. The molecule has 0 saturated heterocycles. The number of nitrogens with two attached hydrogens (primary N) is 1. The van der Waals surface area contributed by atoms with Gasteiger partial charge in [-0.3, -0.25) is 0 Å². The lowest BCUT2D eigenvalue weighted by molar-refractivity contribution is 0.406. The summed E-state index contributed by atoms with van der Waals surface area (Å²) in [5.41, 5.74) is 8.08. The van der Waals surface area contributed by atoms with Crippen LogP contribution in [0.5, 0.6) is 5.75 Å². The largest absolute Gasteiger partial charge is 0.493 e. The normalized spacial score (nSPS) is 10.9. The summed E-state index contributed by atoms with van der Waals surface area (Å²) in [6.45, 7) is 2.54. The first-order valence-electron chi connectivity index (χ1n) is 4.88. The van der Waals surface area contributed by atoms with E-state index in [-0.39, 0.29) is 0 Å². The summed E-state index contributed by atoms with van der Waals surface area (Å²) in [4.78, 5) is 4.35. The Morgan fingerprint density at radius 2 is 2.27 bits per heavy atom. The van der Waals surface area contributed by atoms with Gasteiger partial charge in [0.05, 0.1) is 7.11 Å². The number of benzene rings is 1. The summed E-state index contributed by atoms with van der Waals surface area (Å²) in [6.07, 6.45) is 0.650. The van der Waals surface area contributed by atoms with Crippen molar-refractivity contribution in [3.63, 3.8) is 0 Å². The molecular formula is C11H14N2O2. The Balaban J connectivity index is 2.58. The molecule has 2 rings (SSSR count). The Morgan fingerprint density at radius 3 is 2.93 bits per heavy atom. The molecule has 0 atom stereocenters. The number of rotatable bonds is 3. The van der Waals surface area contributed by atoms with Gasteiger partial charge in [-0.1, -0.05) is 0 Å². The minimum Gasteiger partial charge on any atom is -0.493 e. The molecule has 2 N–H and O–H groups in total. The van der Waals surface area contributed by atoms with E-state index in [0.717, 1.165) is 16.8 Å². The second kappa shape index (κ2) is 3.90. The van der Waals surface area contributed by atoms with Gasteiger partial charge in [0.1, 0.15) is 5.52 Å². The summed E-state index contributed by atoms with van der Waals surface area (Å²) in [7, 11) is 1.62. The molecule has 1 heterocycles. The molecule has 0 fully saturated rings. The van der Waals surface area contributed by atoms with Crippen LogP contribution in [0.15, 0.2) is 16.5 Å². The number of fused-ring (bicyclic) bond motifs is 1. The predicted molar refractivity (Wildman–Crippen MR) is 58.1 cm³/mol. The third-order valence-corrected chi connectivity index (χ3v) is 2.22. The number of hydrogen-bond donors (Lipinski definition) is 1. The van der Waals surface area contributed by atoms with Crippen molar-refractivity contribution in [1.29, 1.82) is 0 Å². The summed E-state index contributed by atoms with van der Waals surface area (Å²) in [5, 5.41) is 0. The molecule has 0 aliphatic heterocycles. The topological polar surface area (TPSA) is 61.3 Å². The molecule has 15 heavy (non-hydrogen) atoms. The van der Waals surface area contributed by atoms with Gasteiger partial charge in [-0.05, 0) is 24.6 Å². The average Bonchev–Trinajstić information content (AvgIpc) is 2.59. The second-order valence-electron chi connectivity index (χ2n) is 3.46. The first-order chi connectivity index (χ1) is 7.24. The lowest BCUT2D eigenvalue weighted by Gasteiger charge is -2.00. The van der Waals surface area contributed by atoms with Gasteiger partial charge in [-0.15, -0.1) is 0 Å². The molecular weight excluding hydrogens is 192 g/mol. The van der Waals surface area contributed by atoms with E-state index in [9.17, 15) is 0 Å². The van der Waals surface area contributed by atoms with Gasteiger partial charge in [0.25, 0.3) is 0 Å². The van der Waals surface area contributed by atoms with Crippen LogP contribution in [0.3, 0.4) is 0 Å². The standard InChI is InChI=1S/C11H14N2O2/c1-7-5-8-11(9(6-7)14-2)15-10(13-8)3-4-12/h5-6H,3-4,12H2,1-2H3. The fourth-order valence-electron chi connectivity index (χ4n) is 1.56. The summed E-state index contributed by atoms with van der Waals surface area (Å²) < 4.78 is 10.8. The summed E-state index contributed by atoms with van der Waals surface area (Å²) in [5.74, 6) is 1.39. The smallest absolute Gasteiger partial charge is 0.196 e. The predicted octanol–water partition coefficient (Wildman–Crippen LogP) is 1.65. The maximum absolute atomic E-state index is 5.57. The third kappa shape index (κ3) is 1.80. The van der Waals surface area contributed by atoms with E-state index in [1.54, 1.807) is 7.11 Å². The van der Waals surface area contributed by atoms with E-state index in [1.807, 2.05) is 19.1 Å². The van der Waals surface area contributed by atoms with E-state index >= 15 is 0 Å². The Kier molecular flexibility index (Phi) is 2.60. The van der Waals surface area contributed by atoms with Crippen molar-refractivity contribution >= 4 is 11.1 Å². The fraction of sp³-hybridized carbons (Fsp3) is 0.364. The van der Waals surface area contributed by atoms with Gasteiger partial charge < -0.3 is 14.9 Å². The van der Waals surface area contributed by atoms with Crippen LogP contribution in [0.25, 0.3) is 11.1 Å². The van der Waals surface area contributed by atoms with Crippen LogP contribution in [-0.4, -0.2) is 18.6 Å². The zero-order chi connectivity index (χ0) is 10.8. The Labute approximate surface area is 88.0 Å². The lowest BCUT2D eigenvalue weighted by Crippen LogP contribution is -2.02. The number of oxazole rings is 1. The number of ether oxygens (including phenoxy) is 1. The quantitative estimate of drug-likeness (QED) is 0.829. The Hall–Kier alpha value is -1.55. The number of nitrogens with zero attached hydrogens (tertiary/aromatic N) is 1. The highest BCUT2D eigenvalue weighted by molar-refractivity contribution is 5.80. The highest BCUT2D eigenvalue weighted by atomic mass is 16.5. The van der Waals surface area contributed by atoms with Gasteiger partial charge in [0.2, 0.25) is 0 Å². The van der Waals surface area contributed by atoms with Crippen molar-refractivity contribution in [2.24, 2.45) is 5.73 Å². The molecule has 0 spiro atoms. The van der Waals surface area contributed by atoms with Crippen molar-refractivity contribution < 1.29 is 9.15 Å². The molecule has 4 nitrogen and oxygen atoms in total. The average molecular weight is 206 g/mol. The molecule has 0 radical (unpaired) electrons. The summed E-state index contributed by atoms with van der Waals surface area (Å²) in [6, 6.07) is 3.90. The maximum atomic E-state index is 5.57. The fourth-order valence-corrected chi connectivity index (χ4v) is 1.56. The van der Waals surface area contributed by atoms with Crippen LogP contribution in [0, 0.1) is 6.92 Å². The van der Waals surface area contributed by atoms with Gasteiger partial charge in [-0.25, -0.2) is 4.98 Å². The van der Waals surface area contributed by atoms with Crippen LogP contribution in [0.4, 0.5) is 0 Å². The minimum atomic E-state index is 0.536. The number of aryl methyl sites for hydroxylation is 1. The number of aromatic nitrogens is 1. The van der Waals surface area contributed by atoms with Crippen molar-refractivity contribution in [2.45, 2.75) is 13.3 Å². The zero-order valence-electron chi connectivity index (χ0n) is 8.91. The maximum Gasteiger partial charge on any atom is 0.196 e. The Bertz CT molecular complexity index is 477. The summed E-state index contributed by atoms with van der Waals surface area (Å²) >= 11 is 0. The van der Waals surface area contributed by atoms with Crippen LogP contribution in [0.2, 0.25) is 0 Å². The van der Waals surface area contributed by atoms with Crippen molar-refractivity contribution in [2.75, 3.05) is 13.7 Å². The molecule has 80 valence electrons. The van der Waals surface area contributed by atoms with Crippen molar-refractivity contribution in [3.8, 4) is 5.75 Å². The molecule has 0 amide bonds. The Morgan fingerprint density at radius 1 is 1.47 bits per heavy atom. The van der Waals surface area contributed by atoms with Gasteiger partial charge in [0.15, 0.2) is 17.2 Å². The molecule has 0 aliphatic rings. The third-order valence-electron chi connectivity index (χ3n) is 2.22. The zero-order valence-corrected chi connectivity index (χ0v) is 8.91. The van der Waals surface area contributed by atoms with E-state index in [4.69, 9.17) is 14.9 Å². The van der Waals surface area contributed by atoms with Gasteiger partial charge in [-0.2, -0.15) is 0 Å². The first kappa shape index (κ1) is 9.98. The molecule has 1 aromatic heterocycles. The van der Waals surface area contributed by atoms with E-state index < -0.39 is 0 Å². The monoisotopic (exact) mass is 206 g/mol. The molecule has 2 aromatic rings. The SMILES string of the molecule is COc1cc(C)cc2nc(CCN)oc12. The van der Waals surface area contributed by atoms with Crippen LogP contribution in [-0.2, 0) is 6.42 Å². The molecule has 0 saturated carbocycles. The van der Waals surface area contributed by atoms with E-state index in [2.05, 4.69) is 4.98 Å². The first-order valence-corrected chi connectivity index (χ1v) is 4.88. The highest BCUT2D eigenvalue weighted by Gasteiger charge is 2.10. The molecule has 0 aliphatic carbocycles. The van der Waals surface area contributed by atoms with Crippen molar-refractivity contribution in [3.05, 3.63) is 23.6 Å². The molecule has 4 heteroatoms. The number of hydrogen-bond acceptors (Lipinski definition) is 4. The molecule has 0 bridgehead atoms. The van der Waals surface area contributed by atoms with Crippen LogP contribution < -0.4 is 10.5 Å². The van der Waals surface area contributed by atoms with Crippen molar-refractivity contribution in [1.82, 2.24) is 4.98 Å². The molecule has 1 aromatic carbocycles. The number of methoxy groups -OCH3 is 1. The minimum absolute atomic E-state index is 0.536.